The van der Waals surface area contributed by atoms with E-state index in [0.717, 1.165) is 19.2 Å². The minimum Gasteiger partial charge on any atom is -0.496 e. The molecule has 1 N–H and O–H groups in total. The largest absolute Gasteiger partial charge is 0.496 e. The molecule has 0 heterocycles. The number of alkyl halides is 3. The van der Waals surface area contributed by atoms with Gasteiger partial charge in [0.05, 0.1) is 18.2 Å². The van der Waals surface area contributed by atoms with Crippen molar-refractivity contribution < 1.29 is 27.8 Å². The molecule has 18 heavy (non-hydrogen) atoms. The summed E-state index contributed by atoms with van der Waals surface area (Å²) < 4.78 is 42.1. The molecule has 0 unspecified atom stereocenters. The van der Waals surface area contributed by atoms with E-state index in [1.807, 2.05) is 13.8 Å². The van der Waals surface area contributed by atoms with Crippen molar-refractivity contribution in [1.29, 1.82) is 0 Å². The Morgan fingerprint density at radius 3 is 2.11 bits per heavy atom. The number of methoxy groups -OCH3 is 1. The number of hydrogen-bond donors (Lipinski definition) is 1. The molecule has 0 saturated carbocycles. The maximum atomic E-state index is 12.5. The fraction of sp³-hybridized carbons (Fsp3) is 0.417. The van der Waals surface area contributed by atoms with Crippen LogP contribution in [0, 0.1) is 6.92 Å². The van der Waals surface area contributed by atoms with Gasteiger partial charge in [0, 0.05) is 0 Å². The predicted octanol–water partition coefficient (Wildman–Crippen LogP) is 3.75. The Balaban J connectivity index is 0.00000137. The highest BCUT2D eigenvalue weighted by atomic mass is 19.4. The molecule has 0 amide bonds. The van der Waals surface area contributed by atoms with Gasteiger partial charge in [-0.3, -0.25) is 0 Å². The van der Waals surface area contributed by atoms with E-state index in [2.05, 4.69) is 4.74 Å². The molecule has 0 atom stereocenters. The first-order chi connectivity index (χ1) is 8.27. The summed E-state index contributed by atoms with van der Waals surface area (Å²) >= 11 is 0. The van der Waals surface area contributed by atoms with E-state index < -0.39 is 23.5 Å². The molecular weight excluding hydrogens is 249 g/mol. The molecule has 0 aliphatic rings. The van der Waals surface area contributed by atoms with E-state index in [4.69, 9.17) is 5.11 Å². The standard InChI is InChI=1S/C10H9F3O3.C2H6/c1-5-3-7(10(11,12)13)8(16-2)4-6(5)9(14)15;1-2/h3-4H,1-2H3,(H,14,15);1-2H3. The fourth-order valence-electron chi connectivity index (χ4n) is 1.31. The van der Waals surface area contributed by atoms with Gasteiger partial charge in [0.1, 0.15) is 5.75 Å². The van der Waals surface area contributed by atoms with Crippen molar-refractivity contribution in [2.75, 3.05) is 7.11 Å². The van der Waals surface area contributed by atoms with Crippen LogP contribution in [0.4, 0.5) is 13.2 Å². The van der Waals surface area contributed by atoms with Crippen LogP contribution in [0.5, 0.6) is 5.75 Å². The summed E-state index contributed by atoms with van der Waals surface area (Å²) in [6, 6.07) is 1.64. The highest BCUT2D eigenvalue weighted by molar-refractivity contribution is 5.90. The molecule has 6 heteroatoms. The number of benzene rings is 1. The van der Waals surface area contributed by atoms with Gasteiger partial charge in [-0.2, -0.15) is 13.2 Å². The van der Waals surface area contributed by atoms with Gasteiger partial charge in [0.2, 0.25) is 0 Å². The van der Waals surface area contributed by atoms with Crippen LogP contribution in [-0.2, 0) is 6.18 Å². The Kier molecular flexibility index (Phi) is 5.68. The molecule has 102 valence electrons. The second-order valence-electron chi connectivity index (χ2n) is 3.17. The summed E-state index contributed by atoms with van der Waals surface area (Å²) in [5.74, 6) is -1.78. The highest BCUT2D eigenvalue weighted by Crippen LogP contribution is 2.37. The van der Waals surface area contributed by atoms with Crippen molar-refractivity contribution in [1.82, 2.24) is 0 Å². The quantitative estimate of drug-likeness (QED) is 0.884. The summed E-state index contributed by atoms with van der Waals surface area (Å²) in [4.78, 5) is 10.7. The first kappa shape index (κ1) is 16.3. The zero-order valence-electron chi connectivity index (χ0n) is 10.6. The molecule has 0 fully saturated rings. The van der Waals surface area contributed by atoms with Crippen LogP contribution >= 0.6 is 0 Å². The Morgan fingerprint density at radius 1 is 1.28 bits per heavy atom. The van der Waals surface area contributed by atoms with Crippen LogP contribution in [0.1, 0.15) is 35.3 Å². The fourth-order valence-corrected chi connectivity index (χ4v) is 1.31. The number of aryl methyl sites for hydroxylation is 1. The topological polar surface area (TPSA) is 46.5 Å². The molecule has 0 aromatic heterocycles. The Bertz CT molecular complexity index is 425. The molecule has 0 aliphatic heterocycles. The van der Waals surface area contributed by atoms with Crippen LogP contribution in [0.3, 0.4) is 0 Å². The third kappa shape index (κ3) is 3.65. The number of halogens is 3. The van der Waals surface area contributed by atoms with Gasteiger partial charge in [-0.25, -0.2) is 4.79 Å². The van der Waals surface area contributed by atoms with E-state index in [0.29, 0.717) is 0 Å². The molecule has 0 spiro atoms. The summed E-state index contributed by atoms with van der Waals surface area (Å²) in [6.45, 7) is 5.30. The number of hydrogen-bond acceptors (Lipinski definition) is 2. The average molecular weight is 264 g/mol. The van der Waals surface area contributed by atoms with E-state index in [1.165, 1.54) is 6.92 Å². The maximum Gasteiger partial charge on any atom is 0.419 e. The first-order valence-corrected chi connectivity index (χ1v) is 5.26. The Morgan fingerprint density at radius 2 is 1.78 bits per heavy atom. The molecule has 0 saturated heterocycles. The number of aromatic carboxylic acids is 1. The lowest BCUT2D eigenvalue weighted by molar-refractivity contribution is -0.138. The normalized spacial score (nSPS) is 10.4. The lowest BCUT2D eigenvalue weighted by Crippen LogP contribution is -2.10. The van der Waals surface area contributed by atoms with E-state index in [9.17, 15) is 18.0 Å². The SMILES string of the molecule is CC.COc1cc(C(=O)O)c(C)cc1C(F)(F)F. The van der Waals surface area contributed by atoms with E-state index in [-0.39, 0.29) is 11.1 Å². The van der Waals surface area contributed by atoms with Gasteiger partial charge >= 0.3 is 12.1 Å². The number of carbonyl (C=O) groups is 1. The molecule has 0 aliphatic carbocycles. The van der Waals surface area contributed by atoms with Gasteiger partial charge in [-0.15, -0.1) is 0 Å². The van der Waals surface area contributed by atoms with Crippen LogP contribution in [0.2, 0.25) is 0 Å². The van der Waals surface area contributed by atoms with E-state index >= 15 is 0 Å². The van der Waals surface area contributed by atoms with Crippen LogP contribution in [-0.4, -0.2) is 18.2 Å². The number of carboxylic acids is 1. The van der Waals surface area contributed by atoms with Crippen molar-refractivity contribution in [3.63, 3.8) is 0 Å². The summed E-state index contributed by atoms with van der Waals surface area (Å²) in [5.41, 5.74) is -1.14. The van der Waals surface area contributed by atoms with Gasteiger partial charge in [0.15, 0.2) is 0 Å². The number of ether oxygens (including phenoxy) is 1. The van der Waals surface area contributed by atoms with Crippen LogP contribution < -0.4 is 4.74 Å². The van der Waals surface area contributed by atoms with Gasteiger partial charge in [-0.05, 0) is 24.6 Å². The summed E-state index contributed by atoms with van der Waals surface area (Å²) in [7, 11) is 1.06. The molecule has 1 rings (SSSR count). The Hall–Kier alpha value is -1.72. The number of carboxylic acid groups (broad SMARTS) is 1. The van der Waals surface area contributed by atoms with Crippen LogP contribution in [0.15, 0.2) is 12.1 Å². The monoisotopic (exact) mass is 264 g/mol. The number of rotatable bonds is 2. The first-order valence-electron chi connectivity index (χ1n) is 5.26. The molecule has 1 aromatic carbocycles. The van der Waals surface area contributed by atoms with Gasteiger partial charge < -0.3 is 9.84 Å². The highest BCUT2D eigenvalue weighted by Gasteiger charge is 2.35. The lowest BCUT2D eigenvalue weighted by atomic mass is 10.0. The third-order valence-corrected chi connectivity index (χ3v) is 2.08. The Labute approximate surface area is 103 Å². The molecule has 3 nitrogen and oxygen atoms in total. The smallest absolute Gasteiger partial charge is 0.419 e. The zero-order chi connectivity index (χ0) is 14.5. The van der Waals surface area contributed by atoms with Gasteiger partial charge in [0.25, 0.3) is 0 Å². The predicted molar refractivity (Wildman–Crippen MR) is 61.0 cm³/mol. The van der Waals surface area contributed by atoms with E-state index in [1.54, 1.807) is 0 Å². The van der Waals surface area contributed by atoms with Crippen molar-refractivity contribution in [2.45, 2.75) is 26.9 Å². The second kappa shape index (κ2) is 6.28. The van der Waals surface area contributed by atoms with Crippen molar-refractivity contribution >= 4 is 5.97 Å². The average Bonchev–Trinajstić information content (AvgIpc) is 2.29. The minimum atomic E-state index is -4.56. The molecule has 0 radical (unpaired) electrons. The molecule has 1 aromatic rings. The minimum absolute atomic E-state index is 0.0422. The molecular formula is C12H15F3O3. The van der Waals surface area contributed by atoms with Crippen molar-refractivity contribution in [3.05, 3.63) is 28.8 Å². The lowest BCUT2D eigenvalue weighted by Gasteiger charge is -2.14. The summed E-state index contributed by atoms with van der Waals surface area (Å²) in [6.07, 6.45) is -4.56. The van der Waals surface area contributed by atoms with Crippen molar-refractivity contribution in [3.8, 4) is 5.75 Å². The maximum absolute atomic E-state index is 12.5. The van der Waals surface area contributed by atoms with Gasteiger partial charge in [-0.1, -0.05) is 13.8 Å². The third-order valence-electron chi connectivity index (χ3n) is 2.08. The zero-order valence-corrected chi connectivity index (χ0v) is 10.6. The second-order valence-corrected chi connectivity index (χ2v) is 3.17. The summed E-state index contributed by atoms with van der Waals surface area (Å²) in [5, 5.41) is 8.74. The van der Waals surface area contributed by atoms with Crippen LogP contribution in [0.25, 0.3) is 0 Å². The van der Waals surface area contributed by atoms with Crippen molar-refractivity contribution in [2.24, 2.45) is 0 Å². The molecule has 0 bridgehead atoms.